The molecule has 0 saturated heterocycles. The minimum Gasteiger partial charge on any atom is -0.452 e. The minimum absolute atomic E-state index is 0.00239. The van der Waals surface area contributed by atoms with Crippen LogP contribution < -0.4 is 0 Å². The summed E-state index contributed by atoms with van der Waals surface area (Å²) in [4.78, 5) is 19.8. The third-order valence-corrected chi connectivity index (χ3v) is 2.56. The van der Waals surface area contributed by atoms with Gasteiger partial charge in [-0.05, 0) is 24.3 Å². The number of esters is 1. The van der Waals surface area contributed by atoms with Crippen LogP contribution in [-0.4, -0.2) is 15.9 Å². The number of benzene rings is 1. The lowest BCUT2D eigenvalue weighted by molar-refractivity contribution is 0.0440. The number of oxazole rings is 1. The fraction of sp³-hybridized carbons (Fsp3) is 0.0714. The molecule has 0 aliphatic carbocycles. The van der Waals surface area contributed by atoms with E-state index in [4.69, 9.17) is 9.15 Å². The van der Waals surface area contributed by atoms with E-state index in [1.807, 2.05) is 24.3 Å². The van der Waals surface area contributed by atoms with E-state index in [0.29, 0.717) is 17.0 Å². The molecule has 0 radical (unpaired) electrons. The second kappa shape index (κ2) is 4.89. The molecular formula is C14H10N2O3. The zero-order chi connectivity index (χ0) is 13.1. The molecule has 0 atom stereocenters. The van der Waals surface area contributed by atoms with Crippen molar-refractivity contribution in [1.82, 2.24) is 9.97 Å². The zero-order valence-electron chi connectivity index (χ0n) is 9.95. The van der Waals surface area contributed by atoms with Gasteiger partial charge in [0, 0.05) is 12.4 Å². The number of nitrogens with zero attached hydrogens (tertiary/aromatic N) is 2. The fourth-order valence-electron chi connectivity index (χ4n) is 1.68. The standard InChI is InChI=1S/C14H10N2O3/c17-14(10-4-3-7-15-8-10)18-9-13-16-11-5-1-2-6-12(11)19-13/h1-8H,9H2. The molecule has 5 heteroatoms. The maximum Gasteiger partial charge on any atom is 0.340 e. The molecular weight excluding hydrogens is 244 g/mol. The molecule has 19 heavy (non-hydrogen) atoms. The van der Waals surface area contributed by atoms with Gasteiger partial charge in [0.25, 0.3) is 0 Å². The molecule has 3 rings (SSSR count). The highest BCUT2D eigenvalue weighted by molar-refractivity contribution is 5.88. The fourth-order valence-corrected chi connectivity index (χ4v) is 1.68. The molecule has 0 spiro atoms. The molecule has 2 aromatic heterocycles. The Hall–Kier alpha value is -2.69. The van der Waals surface area contributed by atoms with Gasteiger partial charge in [-0.15, -0.1) is 0 Å². The van der Waals surface area contributed by atoms with Gasteiger partial charge in [0.1, 0.15) is 5.52 Å². The molecule has 0 fully saturated rings. The number of carbonyl (C=O) groups excluding carboxylic acids is 1. The molecule has 5 nitrogen and oxygen atoms in total. The van der Waals surface area contributed by atoms with Gasteiger partial charge in [0.15, 0.2) is 12.2 Å². The maximum absolute atomic E-state index is 11.7. The average Bonchev–Trinajstić information content (AvgIpc) is 2.88. The Labute approximate surface area is 108 Å². The zero-order valence-corrected chi connectivity index (χ0v) is 9.95. The smallest absolute Gasteiger partial charge is 0.340 e. The molecule has 2 heterocycles. The third-order valence-electron chi connectivity index (χ3n) is 2.56. The average molecular weight is 254 g/mol. The summed E-state index contributed by atoms with van der Waals surface area (Å²) in [6.07, 6.45) is 3.05. The van der Waals surface area contributed by atoms with Crippen molar-refractivity contribution in [3.63, 3.8) is 0 Å². The van der Waals surface area contributed by atoms with Crippen molar-refractivity contribution >= 4 is 17.1 Å². The van der Waals surface area contributed by atoms with Crippen LogP contribution in [0.2, 0.25) is 0 Å². The molecule has 94 valence electrons. The van der Waals surface area contributed by atoms with E-state index < -0.39 is 5.97 Å². The van der Waals surface area contributed by atoms with Crippen LogP contribution in [0.5, 0.6) is 0 Å². The van der Waals surface area contributed by atoms with E-state index in [1.54, 1.807) is 18.3 Å². The van der Waals surface area contributed by atoms with Gasteiger partial charge in [0.05, 0.1) is 5.56 Å². The lowest BCUT2D eigenvalue weighted by Crippen LogP contribution is -2.05. The lowest BCUT2D eigenvalue weighted by Gasteiger charge is -2.00. The van der Waals surface area contributed by atoms with Crippen LogP contribution >= 0.6 is 0 Å². The van der Waals surface area contributed by atoms with Crippen molar-refractivity contribution in [3.05, 3.63) is 60.2 Å². The molecule has 0 saturated carbocycles. The van der Waals surface area contributed by atoms with E-state index in [2.05, 4.69) is 9.97 Å². The first kappa shape index (κ1) is 11.4. The van der Waals surface area contributed by atoms with Crippen molar-refractivity contribution in [2.24, 2.45) is 0 Å². The summed E-state index contributed by atoms with van der Waals surface area (Å²) in [7, 11) is 0. The van der Waals surface area contributed by atoms with Gasteiger partial charge in [-0.2, -0.15) is 0 Å². The second-order valence-corrected chi connectivity index (χ2v) is 3.89. The molecule has 0 aliphatic heterocycles. The van der Waals surface area contributed by atoms with Crippen molar-refractivity contribution in [2.75, 3.05) is 0 Å². The van der Waals surface area contributed by atoms with Crippen molar-refractivity contribution in [3.8, 4) is 0 Å². The molecule has 0 amide bonds. The topological polar surface area (TPSA) is 65.2 Å². The largest absolute Gasteiger partial charge is 0.452 e. The summed E-state index contributed by atoms with van der Waals surface area (Å²) < 4.78 is 10.6. The molecule has 3 aromatic rings. The SMILES string of the molecule is O=C(OCc1nc2ccccc2o1)c1cccnc1. The van der Waals surface area contributed by atoms with Crippen molar-refractivity contribution in [2.45, 2.75) is 6.61 Å². The third kappa shape index (κ3) is 2.44. The summed E-state index contributed by atoms with van der Waals surface area (Å²) in [5, 5.41) is 0. The summed E-state index contributed by atoms with van der Waals surface area (Å²) in [5.74, 6) is -0.0752. The van der Waals surface area contributed by atoms with E-state index in [-0.39, 0.29) is 6.61 Å². The predicted molar refractivity (Wildman–Crippen MR) is 67.4 cm³/mol. The number of hydrogen-bond acceptors (Lipinski definition) is 5. The first-order chi connectivity index (χ1) is 9.33. The minimum atomic E-state index is -0.449. The number of aromatic nitrogens is 2. The van der Waals surface area contributed by atoms with Crippen molar-refractivity contribution in [1.29, 1.82) is 0 Å². The number of carbonyl (C=O) groups is 1. The highest BCUT2D eigenvalue weighted by Crippen LogP contribution is 2.15. The van der Waals surface area contributed by atoms with Crippen LogP contribution in [0.15, 0.2) is 53.2 Å². The Morgan fingerprint density at radius 3 is 2.89 bits per heavy atom. The van der Waals surface area contributed by atoms with Crippen LogP contribution in [0.4, 0.5) is 0 Å². The van der Waals surface area contributed by atoms with Gasteiger partial charge < -0.3 is 9.15 Å². The summed E-state index contributed by atoms with van der Waals surface area (Å²) in [5.41, 5.74) is 1.82. The predicted octanol–water partition coefficient (Wildman–Crippen LogP) is 2.58. The number of fused-ring (bicyclic) bond motifs is 1. The molecule has 1 aromatic carbocycles. The number of hydrogen-bond donors (Lipinski definition) is 0. The van der Waals surface area contributed by atoms with Gasteiger partial charge in [-0.3, -0.25) is 4.98 Å². The second-order valence-electron chi connectivity index (χ2n) is 3.89. The van der Waals surface area contributed by atoms with Gasteiger partial charge >= 0.3 is 5.97 Å². The lowest BCUT2D eigenvalue weighted by atomic mass is 10.3. The Balaban J connectivity index is 1.71. The monoisotopic (exact) mass is 254 g/mol. The van der Waals surface area contributed by atoms with Gasteiger partial charge in [-0.1, -0.05) is 12.1 Å². The summed E-state index contributed by atoms with van der Waals surface area (Å²) in [6.45, 7) is 0.00239. The summed E-state index contributed by atoms with van der Waals surface area (Å²) in [6, 6.07) is 10.7. The first-order valence-corrected chi connectivity index (χ1v) is 5.74. The van der Waals surface area contributed by atoms with Gasteiger partial charge in [0.2, 0.25) is 5.89 Å². The van der Waals surface area contributed by atoms with Crippen LogP contribution in [-0.2, 0) is 11.3 Å². The highest BCUT2D eigenvalue weighted by atomic mass is 16.5. The molecule has 0 N–H and O–H groups in total. The Morgan fingerprint density at radius 2 is 2.11 bits per heavy atom. The Bertz CT molecular complexity index is 674. The number of pyridine rings is 1. The highest BCUT2D eigenvalue weighted by Gasteiger charge is 2.10. The van der Waals surface area contributed by atoms with Gasteiger partial charge in [-0.25, -0.2) is 9.78 Å². The quantitative estimate of drug-likeness (QED) is 0.672. The number of ether oxygens (including phenoxy) is 1. The number of para-hydroxylation sites is 2. The first-order valence-electron chi connectivity index (χ1n) is 5.74. The Kier molecular flexibility index (Phi) is 2.94. The van der Waals surface area contributed by atoms with Crippen LogP contribution in [0, 0.1) is 0 Å². The Morgan fingerprint density at radius 1 is 1.21 bits per heavy atom. The van der Waals surface area contributed by atoms with Crippen LogP contribution in [0.25, 0.3) is 11.1 Å². The normalized spacial score (nSPS) is 10.5. The molecule has 0 unspecified atom stereocenters. The van der Waals surface area contributed by atoms with E-state index in [1.165, 1.54) is 6.20 Å². The van der Waals surface area contributed by atoms with E-state index in [0.717, 1.165) is 5.52 Å². The van der Waals surface area contributed by atoms with Crippen LogP contribution in [0.1, 0.15) is 16.2 Å². The van der Waals surface area contributed by atoms with Crippen LogP contribution in [0.3, 0.4) is 0 Å². The van der Waals surface area contributed by atoms with E-state index in [9.17, 15) is 4.79 Å². The maximum atomic E-state index is 11.7. The van der Waals surface area contributed by atoms with E-state index >= 15 is 0 Å². The molecule has 0 aliphatic rings. The summed E-state index contributed by atoms with van der Waals surface area (Å²) >= 11 is 0. The number of rotatable bonds is 3. The van der Waals surface area contributed by atoms with Crippen molar-refractivity contribution < 1.29 is 13.9 Å². The molecule has 0 bridgehead atoms.